The van der Waals surface area contributed by atoms with E-state index in [4.69, 9.17) is 0 Å². The van der Waals surface area contributed by atoms with Crippen LogP contribution in [0.25, 0.3) is 0 Å². The summed E-state index contributed by atoms with van der Waals surface area (Å²) >= 11 is 6.61. The first kappa shape index (κ1) is 15.4. The van der Waals surface area contributed by atoms with Crippen LogP contribution >= 0.6 is 31.9 Å². The summed E-state index contributed by atoms with van der Waals surface area (Å²) < 4.78 is 0.526. The third-order valence-corrected chi connectivity index (χ3v) is 4.42. The van der Waals surface area contributed by atoms with Gasteiger partial charge in [0, 0.05) is 34.0 Å². The number of non-ortho nitro benzene ring substituents is 1. The lowest BCUT2D eigenvalue weighted by Gasteiger charge is -2.14. The highest BCUT2D eigenvalue weighted by molar-refractivity contribution is 9.10. The standard InChI is InChI=1S/C13H14Br2N2O3/c14-4-3-13(1-2-13)8-16-12(18)9-5-10(15)7-11(6-9)17(19)20/h5-7H,1-4,8H2,(H,16,18). The van der Waals surface area contributed by atoms with E-state index < -0.39 is 4.92 Å². The fraction of sp³-hybridized carbons (Fsp3) is 0.462. The normalized spacial score (nSPS) is 15.7. The molecule has 1 saturated carbocycles. The largest absolute Gasteiger partial charge is 0.351 e. The zero-order chi connectivity index (χ0) is 14.8. The number of nitrogens with one attached hydrogen (secondary N) is 1. The average molecular weight is 406 g/mol. The van der Waals surface area contributed by atoms with E-state index in [-0.39, 0.29) is 17.0 Å². The zero-order valence-electron chi connectivity index (χ0n) is 10.7. The van der Waals surface area contributed by atoms with Crippen LogP contribution in [0.1, 0.15) is 29.6 Å². The second kappa shape index (κ2) is 6.22. The zero-order valence-corrected chi connectivity index (χ0v) is 13.9. The minimum absolute atomic E-state index is 0.0916. The van der Waals surface area contributed by atoms with E-state index in [1.54, 1.807) is 6.07 Å². The van der Waals surface area contributed by atoms with Gasteiger partial charge < -0.3 is 5.32 Å². The number of rotatable bonds is 6. The highest BCUT2D eigenvalue weighted by Gasteiger charge is 2.41. The second-order valence-electron chi connectivity index (χ2n) is 5.08. The van der Waals surface area contributed by atoms with Crippen LogP contribution in [-0.2, 0) is 0 Å². The minimum Gasteiger partial charge on any atom is -0.351 e. The molecule has 0 aromatic heterocycles. The molecule has 0 radical (unpaired) electrons. The van der Waals surface area contributed by atoms with Crippen LogP contribution in [0.2, 0.25) is 0 Å². The first-order chi connectivity index (χ1) is 9.46. The van der Waals surface area contributed by atoms with E-state index in [9.17, 15) is 14.9 Å². The summed E-state index contributed by atoms with van der Waals surface area (Å²) in [5, 5.41) is 14.6. The lowest BCUT2D eigenvalue weighted by Crippen LogP contribution is -2.30. The van der Waals surface area contributed by atoms with Gasteiger partial charge in [0.05, 0.1) is 4.92 Å². The van der Waals surface area contributed by atoms with Gasteiger partial charge in [0.15, 0.2) is 0 Å². The smallest absolute Gasteiger partial charge is 0.271 e. The predicted octanol–water partition coefficient (Wildman–Crippen LogP) is 3.65. The Morgan fingerprint density at radius 2 is 2.10 bits per heavy atom. The molecule has 1 aromatic rings. The molecule has 0 spiro atoms. The number of hydrogen-bond donors (Lipinski definition) is 1. The quantitative estimate of drug-likeness (QED) is 0.446. The Labute approximate surface area is 133 Å². The molecule has 0 atom stereocenters. The third kappa shape index (κ3) is 3.79. The van der Waals surface area contributed by atoms with Crippen LogP contribution < -0.4 is 5.32 Å². The molecule has 0 unspecified atom stereocenters. The van der Waals surface area contributed by atoms with Crippen molar-refractivity contribution in [3.05, 3.63) is 38.3 Å². The molecule has 1 fully saturated rings. The summed E-state index contributed by atoms with van der Waals surface area (Å²) in [5.41, 5.74) is 0.434. The maximum Gasteiger partial charge on any atom is 0.271 e. The Morgan fingerprint density at radius 3 is 2.65 bits per heavy atom. The number of amides is 1. The van der Waals surface area contributed by atoms with Crippen LogP contribution in [0.15, 0.2) is 22.7 Å². The lowest BCUT2D eigenvalue weighted by atomic mass is 10.0. The second-order valence-corrected chi connectivity index (χ2v) is 6.79. The maximum absolute atomic E-state index is 12.1. The Bertz CT molecular complexity index is 544. The first-order valence-corrected chi connectivity index (χ1v) is 8.16. The maximum atomic E-state index is 12.1. The summed E-state index contributed by atoms with van der Waals surface area (Å²) in [6, 6.07) is 4.26. The molecule has 0 heterocycles. The van der Waals surface area contributed by atoms with Crippen molar-refractivity contribution in [1.29, 1.82) is 0 Å². The van der Waals surface area contributed by atoms with Crippen molar-refractivity contribution in [1.82, 2.24) is 5.32 Å². The van der Waals surface area contributed by atoms with Crippen molar-refractivity contribution in [2.75, 3.05) is 11.9 Å². The van der Waals surface area contributed by atoms with E-state index in [2.05, 4.69) is 37.2 Å². The molecule has 0 aliphatic heterocycles. The molecule has 1 aromatic carbocycles. The molecule has 0 bridgehead atoms. The molecule has 2 rings (SSSR count). The molecular weight excluding hydrogens is 392 g/mol. The van der Waals surface area contributed by atoms with Crippen molar-refractivity contribution in [3.63, 3.8) is 0 Å². The monoisotopic (exact) mass is 404 g/mol. The van der Waals surface area contributed by atoms with E-state index >= 15 is 0 Å². The van der Waals surface area contributed by atoms with Gasteiger partial charge >= 0.3 is 0 Å². The van der Waals surface area contributed by atoms with Gasteiger partial charge in [-0.2, -0.15) is 0 Å². The summed E-state index contributed by atoms with van der Waals surface area (Å²) in [4.78, 5) is 22.4. The van der Waals surface area contributed by atoms with Gasteiger partial charge in [0.1, 0.15) is 0 Å². The highest BCUT2D eigenvalue weighted by atomic mass is 79.9. The molecule has 0 saturated heterocycles. The number of halogens is 2. The molecule has 108 valence electrons. The summed E-state index contributed by atoms with van der Waals surface area (Å²) in [6.07, 6.45) is 3.28. The van der Waals surface area contributed by atoms with Gasteiger partial charge in [-0.15, -0.1) is 0 Å². The lowest BCUT2D eigenvalue weighted by molar-refractivity contribution is -0.385. The van der Waals surface area contributed by atoms with Gasteiger partial charge in [-0.25, -0.2) is 0 Å². The third-order valence-electron chi connectivity index (χ3n) is 3.56. The SMILES string of the molecule is O=C(NCC1(CCBr)CC1)c1cc(Br)cc([N+](=O)[O-])c1. The van der Waals surface area contributed by atoms with Gasteiger partial charge in [-0.1, -0.05) is 31.9 Å². The number of alkyl halides is 1. The molecule has 7 heteroatoms. The van der Waals surface area contributed by atoms with Gasteiger partial charge in [-0.3, -0.25) is 14.9 Å². The number of nitrogens with zero attached hydrogens (tertiary/aromatic N) is 1. The molecule has 1 aliphatic carbocycles. The predicted molar refractivity (Wildman–Crippen MR) is 83.2 cm³/mol. The van der Waals surface area contributed by atoms with Crippen LogP contribution in [0.4, 0.5) is 5.69 Å². The average Bonchev–Trinajstić information content (AvgIpc) is 3.16. The molecule has 5 nitrogen and oxygen atoms in total. The van der Waals surface area contributed by atoms with E-state index in [0.717, 1.165) is 24.6 Å². The van der Waals surface area contributed by atoms with Gasteiger partial charge in [-0.05, 0) is 30.7 Å². The highest BCUT2D eigenvalue weighted by Crippen LogP contribution is 2.48. The Balaban J connectivity index is 2.04. The molecule has 1 aliphatic rings. The molecular formula is C13H14Br2N2O3. The fourth-order valence-corrected chi connectivity index (χ4v) is 3.40. The van der Waals surface area contributed by atoms with Gasteiger partial charge in [0.2, 0.25) is 0 Å². The van der Waals surface area contributed by atoms with Crippen molar-refractivity contribution >= 4 is 43.5 Å². The van der Waals surface area contributed by atoms with Gasteiger partial charge in [0.25, 0.3) is 11.6 Å². The number of hydrogen-bond acceptors (Lipinski definition) is 3. The molecule has 20 heavy (non-hydrogen) atoms. The van der Waals surface area contributed by atoms with Crippen LogP contribution in [0.5, 0.6) is 0 Å². The fourth-order valence-electron chi connectivity index (χ4n) is 2.07. The van der Waals surface area contributed by atoms with E-state index in [1.165, 1.54) is 12.1 Å². The topological polar surface area (TPSA) is 72.2 Å². The first-order valence-electron chi connectivity index (χ1n) is 6.25. The van der Waals surface area contributed by atoms with Crippen molar-refractivity contribution in [3.8, 4) is 0 Å². The molecule has 1 N–H and O–H groups in total. The number of benzene rings is 1. The van der Waals surface area contributed by atoms with E-state index in [0.29, 0.717) is 16.6 Å². The van der Waals surface area contributed by atoms with Crippen molar-refractivity contribution in [2.24, 2.45) is 5.41 Å². The van der Waals surface area contributed by atoms with Crippen molar-refractivity contribution < 1.29 is 9.72 Å². The van der Waals surface area contributed by atoms with Crippen LogP contribution in [-0.4, -0.2) is 22.7 Å². The number of nitro groups is 1. The van der Waals surface area contributed by atoms with E-state index in [1.807, 2.05) is 0 Å². The van der Waals surface area contributed by atoms with Crippen LogP contribution in [0.3, 0.4) is 0 Å². The number of nitro benzene ring substituents is 1. The van der Waals surface area contributed by atoms with Crippen molar-refractivity contribution in [2.45, 2.75) is 19.3 Å². The number of carbonyl (C=O) groups excluding carboxylic acids is 1. The summed E-state index contributed by atoms with van der Waals surface area (Å²) in [5.74, 6) is -0.268. The van der Waals surface area contributed by atoms with Crippen LogP contribution in [0, 0.1) is 15.5 Å². The minimum atomic E-state index is -0.505. The summed E-state index contributed by atoms with van der Waals surface area (Å²) in [7, 11) is 0. The Kier molecular flexibility index (Phi) is 4.80. The summed E-state index contributed by atoms with van der Waals surface area (Å²) in [6.45, 7) is 0.623. The Morgan fingerprint density at radius 1 is 1.40 bits per heavy atom. The molecule has 1 amide bonds. The Hall–Kier alpha value is -0.950. The number of carbonyl (C=O) groups is 1.